The number of ether oxygens (including phenoxy) is 1. The smallest absolute Gasteiger partial charge is 0.408 e. The van der Waals surface area contributed by atoms with E-state index in [1.54, 1.807) is 20.8 Å². The zero-order valence-electron chi connectivity index (χ0n) is 22.7. The molecule has 3 amide bonds. The average Bonchev–Trinajstić information content (AvgIpc) is 2.76. The third-order valence-electron chi connectivity index (χ3n) is 5.84. The third kappa shape index (κ3) is 9.88. The lowest BCUT2D eigenvalue weighted by molar-refractivity contribution is -0.144. The molecule has 0 heterocycles. The highest BCUT2D eigenvalue weighted by Gasteiger charge is 2.38. The minimum absolute atomic E-state index is 0.0596. The number of aliphatic hydroxyl groups excluding tert-OH is 1. The molecule has 0 spiro atoms. The molecule has 0 saturated heterocycles. The van der Waals surface area contributed by atoms with Crippen molar-refractivity contribution in [3.8, 4) is 0 Å². The normalized spacial score (nSPS) is 14.9. The van der Waals surface area contributed by atoms with E-state index in [1.165, 1.54) is 4.90 Å². The Morgan fingerprint density at radius 3 is 2.14 bits per heavy atom. The largest absolute Gasteiger partial charge is 0.444 e. The van der Waals surface area contributed by atoms with E-state index in [4.69, 9.17) is 4.74 Å². The average molecular weight is 492 g/mol. The van der Waals surface area contributed by atoms with E-state index in [1.807, 2.05) is 58.9 Å². The summed E-state index contributed by atoms with van der Waals surface area (Å²) in [7, 11) is 0. The van der Waals surface area contributed by atoms with E-state index in [9.17, 15) is 19.5 Å². The predicted molar refractivity (Wildman–Crippen MR) is 138 cm³/mol. The topological polar surface area (TPSA) is 108 Å². The van der Waals surface area contributed by atoms with E-state index in [-0.39, 0.29) is 31.0 Å². The fourth-order valence-corrected chi connectivity index (χ4v) is 3.82. The summed E-state index contributed by atoms with van der Waals surface area (Å²) in [5.41, 5.74) is 0.938. The van der Waals surface area contributed by atoms with E-state index in [0.717, 1.165) is 18.4 Å². The Bertz CT molecular complexity index is 819. The number of hydrogen-bond donors (Lipinski definition) is 3. The van der Waals surface area contributed by atoms with Crippen molar-refractivity contribution in [1.82, 2.24) is 15.5 Å². The summed E-state index contributed by atoms with van der Waals surface area (Å²) in [5, 5.41) is 15.6. The molecule has 1 rings (SSSR count). The lowest BCUT2D eigenvalue weighted by Crippen LogP contribution is -2.56. The van der Waals surface area contributed by atoms with Crippen LogP contribution in [0.15, 0.2) is 24.3 Å². The van der Waals surface area contributed by atoms with Crippen LogP contribution in [0.4, 0.5) is 4.79 Å². The first-order chi connectivity index (χ1) is 16.3. The molecule has 4 unspecified atom stereocenters. The van der Waals surface area contributed by atoms with Crippen molar-refractivity contribution < 1.29 is 24.2 Å². The summed E-state index contributed by atoms with van der Waals surface area (Å²) < 4.78 is 5.39. The second kappa shape index (κ2) is 14.1. The highest BCUT2D eigenvalue weighted by molar-refractivity contribution is 5.92. The van der Waals surface area contributed by atoms with Crippen molar-refractivity contribution in [2.45, 2.75) is 98.4 Å². The van der Waals surface area contributed by atoms with Gasteiger partial charge >= 0.3 is 6.09 Å². The van der Waals surface area contributed by atoms with Gasteiger partial charge in [0.05, 0.1) is 6.61 Å². The summed E-state index contributed by atoms with van der Waals surface area (Å²) in [4.78, 5) is 41.3. The van der Waals surface area contributed by atoms with Gasteiger partial charge in [0.25, 0.3) is 0 Å². The number of carbonyl (C=O) groups is 3. The number of hydrogen-bond acceptors (Lipinski definition) is 5. The highest BCUT2D eigenvalue weighted by atomic mass is 16.6. The van der Waals surface area contributed by atoms with Gasteiger partial charge in [-0.05, 0) is 52.5 Å². The number of nitrogens with zero attached hydrogens (tertiary/aromatic N) is 1. The first kappa shape index (κ1) is 30.4. The van der Waals surface area contributed by atoms with Crippen LogP contribution in [0.5, 0.6) is 0 Å². The molecule has 0 bridgehead atoms. The predicted octanol–water partition coefficient (Wildman–Crippen LogP) is 4.10. The molecular formula is C27H45N3O5. The van der Waals surface area contributed by atoms with Crippen molar-refractivity contribution in [3.63, 3.8) is 0 Å². The summed E-state index contributed by atoms with van der Waals surface area (Å²) >= 11 is 0. The number of alkyl carbamates (subject to hydrolysis) is 1. The van der Waals surface area contributed by atoms with Crippen LogP contribution < -0.4 is 10.6 Å². The number of nitrogens with one attached hydrogen (secondary N) is 2. The monoisotopic (exact) mass is 491 g/mol. The SMILES string of the molecule is CCCC(C)NC(=O)C(c1ccc(C)cc1)N(CCO)C(=O)C(NC(=O)OC(C)(C)C)C(C)CC. The van der Waals surface area contributed by atoms with Gasteiger partial charge in [0.2, 0.25) is 11.8 Å². The summed E-state index contributed by atoms with van der Waals surface area (Å²) in [6.07, 6.45) is 1.63. The number of benzene rings is 1. The van der Waals surface area contributed by atoms with Gasteiger partial charge in [-0.2, -0.15) is 0 Å². The fraction of sp³-hybridized carbons (Fsp3) is 0.667. The Labute approximate surface area is 210 Å². The maximum Gasteiger partial charge on any atom is 0.408 e. The zero-order valence-corrected chi connectivity index (χ0v) is 22.7. The molecule has 0 fully saturated rings. The van der Waals surface area contributed by atoms with E-state index < -0.39 is 29.7 Å². The quantitative estimate of drug-likeness (QED) is 0.408. The van der Waals surface area contributed by atoms with Crippen LogP contribution in [0, 0.1) is 12.8 Å². The minimum atomic E-state index is -0.957. The van der Waals surface area contributed by atoms with Gasteiger partial charge in [-0.1, -0.05) is 63.4 Å². The Hall–Kier alpha value is -2.61. The third-order valence-corrected chi connectivity index (χ3v) is 5.84. The van der Waals surface area contributed by atoms with Gasteiger partial charge in [0.15, 0.2) is 0 Å². The number of amides is 3. The van der Waals surface area contributed by atoms with E-state index >= 15 is 0 Å². The number of aryl methyl sites for hydroxylation is 1. The molecule has 1 aromatic rings. The van der Waals surface area contributed by atoms with Crippen LogP contribution in [-0.4, -0.2) is 58.8 Å². The minimum Gasteiger partial charge on any atom is -0.444 e. The first-order valence-corrected chi connectivity index (χ1v) is 12.6. The molecule has 0 aliphatic rings. The molecule has 1 aromatic carbocycles. The van der Waals surface area contributed by atoms with Crippen LogP contribution in [0.2, 0.25) is 0 Å². The highest BCUT2D eigenvalue weighted by Crippen LogP contribution is 2.25. The lowest BCUT2D eigenvalue weighted by atomic mass is 9.95. The molecule has 8 heteroatoms. The van der Waals surface area contributed by atoms with Crippen molar-refractivity contribution in [2.75, 3.05) is 13.2 Å². The molecule has 4 atom stereocenters. The second-order valence-electron chi connectivity index (χ2n) is 10.3. The van der Waals surface area contributed by atoms with Crippen LogP contribution >= 0.6 is 0 Å². The Morgan fingerprint density at radius 1 is 1.06 bits per heavy atom. The van der Waals surface area contributed by atoms with Gasteiger partial charge < -0.3 is 25.4 Å². The van der Waals surface area contributed by atoms with Crippen molar-refractivity contribution in [1.29, 1.82) is 0 Å². The summed E-state index contributed by atoms with van der Waals surface area (Å²) in [6, 6.07) is 5.46. The maximum atomic E-state index is 13.9. The number of aliphatic hydroxyl groups is 1. The van der Waals surface area contributed by atoms with Gasteiger partial charge in [0.1, 0.15) is 17.7 Å². The van der Waals surface area contributed by atoms with Gasteiger partial charge in [-0.15, -0.1) is 0 Å². The fourth-order valence-electron chi connectivity index (χ4n) is 3.82. The van der Waals surface area contributed by atoms with Crippen LogP contribution in [0.3, 0.4) is 0 Å². The van der Waals surface area contributed by atoms with Crippen LogP contribution in [0.25, 0.3) is 0 Å². The van der Waals surface area contributed by atoms with Crippen molar-refractivity contribution in [2.24, 2.45) is 5.92 Å². The van der Waals surface area contributed by atoms with Gasteiger partial charge in [0, 0.05) is 12.6 Å². The molecule has 0 aromatic heterocycles. The summed E-state index contributed by atoms with van der Waals surface area (Å²) in [5.74, 6) is -0.989. The number of carbonyl (C=O) groups excluding carboxylic acids is 3. The molecule has 35 heavy (non-hydrogen) atoms. The van der Waals surface area contributed by atoms with Crippen molar-refractivity contribution in [3.05, 3.63) is 35.4 Å². The van der Waals surface area contributed by atoms with E-state index in [0.29, 0.717) is 12.0 Å². The van der Waals surface area contributed by atoms with E-state index in [2.05, 4.69) is 10.6 Å². The number of rotatable bonds is 12. The van der Waals surface area contributed by atoms with Crippen LogP contribution in [0.1, 0.15) is 84.9 Å². The molecule has 198 valence electrons. The Kier molecular flexibility index (Phi) is 12.2. The first-order valence-electron chi connectivity index (χ1n) is 12.6. The molecule has 0 saturated carbocycles. The molecule has 3 N–H and O–H groups in total. The second-order valence-corrected chi connectivity index (χ2v) is 10.3. The molecule has 0 aliphatic carbocycles. The lowest BCUT2D eigenvalue weighted by Gasteiger charge is -2.36. The van der Waals surface area contributed by atoms with Gasteiger partial charge in [-0.25, -0.2) is 4.79 Å². The molecule has 0 aliphatic heterocycles. The molecule has 0 radical (unpaired) electrons. The zero-order chi connectivity index (χ0) is 26.8. The summed E-state index contributed by atoms with van der Waals surface area (Å²) in [6.45, 7) is 14.6. The molecule has 8 nitrogen and oxygen atoms in total. The Balaban J connectivity index is 3.43. The maximum absolute atomic E-state index is 13.9. The van der Waals surface area contributed by atoms with Gasteiger partial charge in [-0.3, -0.25) is 9.59 Å². The van der Waals surface area contributed by atoms with Crippen molar-refractivity contribution >= 4 is 17.9 Å². The molecular weight excluding hydrogens is 446 g/mol. The standard InChI is InChI=1S/C27H45N3O5/c1-9-11-20(5)28-24(32)23(21-14-12-18(3)13-15-21)30(16-17-31)25(33)22(19(4)10-2)29-26(34)35-27(6,7)8/h12-15,19-20,22-23,31H,9-11,16-17H2,1-8H3,(H,28,32)(H,29,34). The van der Waals surface area contributed by atoms with Crippen LogP contribution in [-0.2, 0) is 14.3 Å². The Morgan fingerprint density at radius 2 is 1.66 bits per heavy atom.